The molecule has 0 amide bonds. The van der Waals surface area contributed by atoms with Crippen LogP contribution in [0.1, 0.15) is 31.2 Å². The van der Waals surface area contributed by atoms with E-state index >= 15 is 0 Å². The van der Waals surface area contributed by atoms with E-state index in [-0.39, 0.29) is 5.97 Å². The highest BCUT2D eigenvalue weighted by Gasteiger charge is 1.99. The number of hydrogen-bond acceptors (Lipinski definition) is 5. The zero-order valence-corrected chi connectivity index (χ0v) is 14.3. The second-order valence-electron chi connectivity index (χ2n) is 4.79. The minimum Gasteiger partial charge on any atom is -0.497 e. The normalized spacial score (nSPS) is 10.3. The molecule has 0 heterocycles. The number of esters is 1. The van der Waals surface area contributed by atoms with E-state index in [1.807, 2.05) is 24.3 Å². The quantitative estimate of drug-likeness (QED) is 0.237. The van der Waals surface area contributed by atoms with Crippen molar-refractivity contribution < 1.29 is 14.3 Å². The average Bonchev–Trinajstić information content (AvgIpc) is 2.58. The Balaban J connectivity index is 2.11. The summed E-state index contributed by atoms with van der Waals surface area (Å²) in [5, 5.41) is 7.60. The molecule has 0 bridgehead atoms. The number of hydrazone groups is 1. The van der Waals surface area contributed by atoms with Crippen molar-refractivity contribution in [1.29, 1.82) is 0 Å². The molecule has 0 spiro atoms. The molecule has 0 unspecified atom stereocenters. The van der Waals surface area contributed by atoms with Crippen molar-refractivity contribution in [2.45, 2.75) is 25.7 Å². The van der Waals surface area contributed by atoms with E-state index in [4.69, 9.17) is 17.0 Å². The van der Waals surface area contributed by atoms with Gasteiger partial charge in [-0.1, -0.05) is 6.42 Å². The smallest absolute Gasteiger partial charge is 0.305 e. The molecule has 0 atom stereocenters. The van der Waals surface area contributed by atoms with Gasteiger partial charge < -0.3 is 14.8 Å². The Hall–Kier alpha value is -2.15. The summed E-state index contributed by atoms with van der Waals surface area (Å²) in [5.74, 6) is 0.641. The molecule has 126 valence electrons. The first-order valence-electron chi connectivity index (χ1n) is 7.43. The van der Waals surface area contributed by atoms with Crippen molar-refractivity contribution in [3.63, 3.8) is 0 Å². The molecular formula is C16H23N3O3S. The second-order valence-corrected chi connectivity index (χ2v) is 5.19. The van der Waals surface area contributed by atoms with Crippen LogP contribution in [0.15, 0.2) is 29.4 Å². The highest BCUT2D eigenvalue weighted by atomic mass is 32.1. The van der Waals surface area contributed by atoms with E-state index in [0.717, 1.165) is 37.1 Å². The highest BCUT2D eigenvalue weighted by Crippen LogP contribution is 2.09. The molecule has 23 heavy (non-hydrogen) atoms. The summed E-state index contributed by atoms with van der Waals surface area (Å²) < 4.78 is 9.67. The van der Waals surface area contributed by atoms with Crippen LogP contribution in [0.3, 0.4) is 0 Å². The minimum atomic E-state index is -0.164. The van der Waals surface area contributed by atoms with Crippen molar-refractivity contribution >= 4 is 29.5 Å². The van der Waals surface area contributed by atoms with E-state index in [2.05, 4.69) is 20.6 Å². The molecule has 0 fully saturated rings. The van der Waals surface area contributed by atoms with Gasteiger partial charge in [-0.05, 0) is 54.9 Å². The number of thiocarbonyl (C=S) groups is 1. The standard InChI is InChI=1S/C16H23N3O3S/c1-21-14-9-7-13(8-10-14)12-18-19-16(23)17-11-5-3-4-6-15(20)22-2/h7-10,12H,3-6,11H2,1-2H3,(H2,17,19,23)/b18-12-. The maximum absolute atomic E-state index is 10.9. The Bertz CT molecular complexity index is 518. The Morgan fingerprint density at radius 1 is 1.22 bits per heavy atom. The maximum atomic E-state index is 10.9. The van der Waals surface area contributed by atoms with Gasteiger partial charge in [-0.25, -0.2) is 0 Å². The Labute approximate surface area is 142 Å². The van der Waals surface area contributed by atoms with Gasteiger partial charge in [0.2, 0.25) is 0 Å². The lowest BCUT2D eigenvalue weighted by Crippen LogP contribution is -2.32. The maximum Gasteiger partial charge on any atom is 0.305 e. The van der Waals surface area contributed by atoms with Gasteiger partial charge in [-0.3, -0.25) is 10.2 Å². The Morgan fingerprint density at radius 2 is 1.96 bits per heavy atom. The molecule has 1 aromatic rings. The number of methoxy groups -OCH3 is 2. The molecular weight excluding hydrogens is 314 g/mol. The number of hydrogen-bond donors (Lipinski definition) is 2. The fraction of sp³-hybridized carbons (Fsp3) is 0.438. The van der Waals surface area contributed by atoms with E-state index in [9.17, 15) is 4.79 Å². The lowest BCUT2D eigenvalue weighted by atomic mass is 10.2. The van der Waals surface area contributed by atoms with Crippen LogP contribution in [0.5, 0.6) is 5.75 Å². The van der Waals surface area contributed by atoms with Crippen LogP contribution >= 0.6 is 12.2 Å². The predicted octanol–water partition coefficient (Wildman–Crippen LogP) is 2.23. The van der Waals surface area contributed by atoms with Crippen LogP contribution in [0.2, 0.25) is 0 Å². The number of ether oxygens (including phenoxy) is 2. The first-order valence-corrected chi connectivity index (χ1v) is 7.84. The molecule has 0 aromatic heterocycles. The number of nitrogens with zero attached hydrogens (tertiary/aromatic N) is 1. The third-order valence-electron chi connectivity index (χ3n) is 3.07. The Morgan fingerprint density at radius 3 is 2.61 bits per heavy atom. The van der Waals surface area contributed by atoms with Gasteiger partial charge in [0.25, 0.3) is 0 Å². The zero-order chi connectivity index (χ0) is 16.9. The summed E-state index contributed by atoms with van der Waals surface area (Å²) in [6.45, 7) is 0.741. The molecule has 0 aliphatic rings. The van der Waals surface area contributed by atoms with Crippen LogP contribution < -0.4 is 15.5 Å². The summed E-state index contributed by atoms with van der Waals surface area (Å²) in [6.07, 6.45) is 4.85. The van der Waals surface area contributed by atoms with E-state index < -0.39 is 0 Å². The number of carbonyl (C=O) groups excluding carboxylic acids is 1. The van der Waals surface area contributed by atoms with Crippen LogP contribution in [0, 0.1) is 0 Å². The van der Waals surface area contributed by atoms with Crippen molar-refractivity contribution in [2.75, 3.05) is 20.8 Å². The Kier molecular flexibility index (Phi) is 9.38. The third-order valence-corrected chi connectivity index (χ3v) is 3.30. The molecule has 0 aliphatic carbocycles. The van der Waals surface area contributed by atoms with Gasteiger partial charge in [0, 0.05) is 13.0 Å². The molecule has 0 saturated carbocycles. The van der Waals surface area contributed by atoms with Gasteiger partial charge in [0.15, 0.2) is 5.11 Å². The SMILES string of the molecule is COC(=O)CCCCCNC(=S)N/N=C\c1ccc(OC)cc1. The van der Waals surface area contributed by atoms with Crippen molar-refractivity contribution in [3.05, 3.63) is 29.8 Å². The molecule has 7 heteroatoms. The largest absolute Gasteiger partial charge is 0.497 e. The van der Waals surface area contributed by atoms with Gasteiger partial charge in [-0.2, -0.15) is 5.10 Å². The summed E-state index contributed by atoms with van der Waals surface area (Å²) in [7, 11) is 3.03. The van der Waals surface area contributed by atoms with Gasteiger partial charge in [0.05, 0.1) is 20.4 Å². The topological polar surface area (TPSA) is 72.0 Å². The number of nitrogens with one attached hydrogen (secondary N) is 2. The number of benzene rings is 1. The van der Waals surface area contributed by atoms with Crippen LogP contribution in [-0.4, -0.2) is 38.1 Å². The molecule has 0 aliphatic heterocycles. The molecule has 6 nitrogen and oxygen atoms in total. The summed E-state index contributed by atoms with van der Waals surface area (Å²) >= 11 is 5.12. The molecule has 2 N–H and O–H groups in total. The highest BCUT2D eigenvalue weighted by molar-refractivity contribution is 7.80. The molecule has 1 rings (SSSR count). The van der Waals surface area contributed by atoms with Gasteiger partial charge in [0.1, 0.15) is 5.75 Å². The summed E-state index contributed by atoms with van der Waals surface area (Å²) in [5.41, 5.74) is 3.71. The summed E-state index contributed by atoms with van der Waals surface area (Å²) in [4.78, 5) is 10.9. The monoisotopic (exact) mass is 337 g/mol. The fourth-order valence-electron chi connectivity index (χ4n) is 1.77. The lowest BCUT2D eigenvalue weighted by molar-refractivity contribution is -0.140. The van der Waals surface area contributed by atoms with E-state index in [1.54, 1.807) is 13.3 Å². The van der Waals surface area contributed by atoms with Crippen molar-refractivity contribution in [3.8, 4) is 5.75 Å². The van der Waals surface area contributed by atoms with E-state index in [1.165, 1.54) is 7.11 Å². The second kappa shape index (κ2) is 11.4. The number of carbonyl (C=O) groups is 1. The fourth-order valence-corrected chi connectivity index (χ4v) is 1.92. The first-order chi connectivity index (χ1) is 11.2. The van der Waals surface area contributed by atoms with Crippen LogP contribution in [-0.2, 0) is 9.53 Å². The number of rotatable bonds is 9. The first kappa shape index (κ1) is 18.9. The van der Waals surface area contributed by atoms with Crippen LogP contribution in [0.25, 0.3) is 0 Å². The van der Waals surface area contributed by atoms with Crippen molar-refractivity contribution in [1.82, 2.24) is 10.7 Å². The van der Waals surface area contributed by atoms with Gasteiger partial charge in [-0.15, -0.1) is 0 Å². The zero-order valence-electron chi connectivity index (χ0n) is 13.5. The predicted molar refractivity (Wildman–Crippen MR) is 94.8 cm³/mol. The lowest BCUT2D eigenvalue weighted by Gasteiger charge is -2.06. The molecule has 0 radical (unpaired) electrons. The third kappa shape index (κ3) is 8.77. The van der Waals surface area contributed by atoms with Crippen LogP contribution in [0.4, 0.5) is 0 Å². The van der Waals surface area contributed by atoms with Crippen molar-refractivity contribution in [2.24, 2.45) is 5.10 Å². The van der Waals surface area contributed by atoms with Gasteiger partial charge >= 0.3 is 5.97 Å². The number of unbranched alkanes of at least 4 members (excludes halogenated alkanes) is 2. The molecule has 0 saturated heterocycles. The summed E-state index contributed by atoms with van der Waals surface area (Å²) in [6, 6.07) is 7.54. The minimum absolute atomic E-state index is 0.164. The average molecular weight is 337 g/mol. The van der Waals surface area contributed by atoms with E-state index in [0.29, 0.717) is 11.5 Å². The molecule has 1 aromatic carbocycles.